The summed E-state index contributed by atoms with van der Waals surface area (Å²) in [7, 11) is 0. The maximum atomic E-state index is 12.2. The Hall–Kier alpha value is -1.51. The lowest BCUT2D eigenvalue weighted by Crippen LogP contribution is -2.44. The number of carbonyl (C=O) groups is 1. The van der Waals surface area contributed by atoms with Crippen LogP contribution in [0.25, 0.3) is 0 Å². The van der Waals surface area contributed by atoms with Crippen LogP contribution < -0.4 is 11.1 Å². The van der Waals surface area contributed by atoms with Gasteiger partial charge in [-0.1, -0.05) is 37.3 Å². The fourth-order valence-corrected chi connectivity index (χ4v) is 3.05. The van der Waals surface area contributed by atoms with Gasteiger partial charge in [-0.25, -0.2) is 4.79 Å². The topological polar surface area (TPSA) is 80.0 Å². The molecule has 7 heteroatoms. The number of nitrogens with one attached hydrogen (secondary N) is 1. The molecule has 0 spiro atoms. The first-order chi connectivity index (χ1) is 12.2. The molecule has 0 radical (unpaired) electrons. The average molecular weight is 488 g/mol. The predicted octanol–water partition coefficient (Wildman–Crippen LogP) is 3.92. The monoisotopic (exact) mass is 488 g/mol. The van der Waals surface area contributed by atoms with Crippen molar-refractivity contribution in [2.75, 3.05) is 19.6 Å². The number of likely N-dealkylation sites (tertiary alicyclic amines) is 1. The molecule has 1 fully saturated rings. The number of ether oxygens (including phenoxy) is 1. The summed E-state index contributed by atoms with van der Waals surface area (Å²) in [5.41, 5.74) is 6.63. The molecule has 1 heterocycles. The Balaban J connectivity index is 0.00000364. The van der Waals surface area contributed by atoms with Gasteiger partial charge in [0.15, 0.2) is 5.96 Å². The number of hydrogen-bond donors (Lipinski definition) is 2. The number of rotatable bonds is 4. The van der Waals surface area contributed by atoms with Gasteiger partial charge in [-0.2, -0.15) is 0 Å². The molecule has 1 aliphatic heterocycles. The molecule has 1 amide bonds. The van der Waals surface area contributed by atoms with Crippen molar-refractivity contribution in [3.63, 3.8) is 0 Å². The van der Waals surface area contributed by atoms with Crippen LogP contribution in [-0.2, 0) is 4.74 Å². The van der Waals surface area contributed by atoms with E-state index in [9.17, 15) is 4.79 Å². The van der Waals surface area contributed by atoms with Crippen LogP contribution in [0.5, 0.6) is 0 Å². The minimum Gasteiger partial charge on any atom is -0.444 e. The van der Waals surface area contributed by atoms with Gasteiger partial charge in [0.2, 0.25) is 0 Å². The van der Waals surface area contributed by atoms with Crippen molar-refractivity contribution in [3.8, 4) is 0 Å². The fraction of sp³-hybridized carbons (Fsp3) is 0.600. The molecule has 3 N–H and O–H groups in total. The van der Waals surface area contributed by atoms with Gasteiger partial charge in [0.05, 0.1) is 12.6 Å². The van der Waals surface area contributed by atoms with E-state index in [4.69, 9.17) is 10.5 Å². The number of alkyl carbamates (subject to hydrolysis) is 1. The van der Waals surface area contributed by atoms with Crippen LogP contribution in [0, 0.1) is 5.92 Å². The molecule has 0 saturated carbocycles. The molecule has 1 aliphatic rings. The molecule has 0 bridgehead atoms. The van der Waals surface area contributed by atoms with Crippen LogP contribution >= 0.6 is 24.0 Å². The lowest BCUT2D eigenvalue weighted by atomic mass is 10.0. The largest absolute Gasteiger partial charge is 0.444 e. The number of nitrogens with two attached hydrogens (primary N) is 1. The number of carbonyl (C=O) groups excluding carboxylic acids is 1. The quantitative estimate of drug-likeness (QED) is 0.383. The number of halogens is 1. The maximum Gasteiger partial charge on any atom is 0.408 e. The van der Waals surface area contributed by atoms with E-state index in [0.717, 1.165) is 25.1 Å². The standard InChI is InChI=1S/C20H32N4O2.HI/c1-15-9-8-12-24(14-15)18(21)22-13-17(16-10-6-5-7-11-16)23-19(25)26-20(2,3)4;/h5-7,10-11,15,17H,8-9,12-14H2,1-4H3,(H2,21,22)(H,23,25);1H. The Morgan fingerprint density at radius 2 is 2.04 bits per heavy atom. The molecule has 0 aliphatic carbocycles. The third-order valence-corrected chi connectivity index (χ3v) is 4.31. The highest BCUT2D eigenvalue weighted by Gasteiger charge is 2.22. The van der Waals surface area contributed by atoms with Gasteiger partial charge >= 0.3 is 6.09 Å². The number of aliphatic imine (C=N–C) groups is 1. The van der Waals surface area contributed by atoms with Gasteiger partial charge in [0.25, 0.3) is 0 Å². The third kappa shape index (κ3) is 8.36. The third-order valence-electron chi connectivity index (χ3n) is 4.31. The maximum absolute atomic E-state index is 12.2. The van der Waals surface area contributed by atoms with Crippen molar-refractivity contribution >= 4 is 36.0 Å². The van der Waals surface area contributed by atoms with Crippen LogP contribution in [0.3, 0.4) is 0 Å². The summed E-state index contributed by atoms with van der Waals surface area (Å²) in [6.07, 6.45) is 1.92. The van der Waals surface area contributed by atoms with Crippen molar-refractivity contribution in [3.05, 3.63) is 35.9 Å². The Kier molecular flexibility index (Phi) is 9.35. The van der Waals surface area contributed by atoms with Crippen LogP contribution in [-0.4, -0.2) is 42.2 Å². The van der Waals surface area contributed by atoms with Crippen LogP contribution in [0.15, 0.2) is 35.3 Å². The van der Waals surface area contributed by atoms with Crippen molar-refractivity contribution in [2.24, 2.45) is 16.6 Å². The molecule has 2 unspecified atom stereocenters. The zero-order valence-electron chi connectivity index (χ0n) is 16.8. The molecule has 1 aromatic rings. The highest BCUT2D eigenvalue weighted by atomic mass is 127. The molecule has 2 atom stereocenters. The number of hydrogen-bond acceptors (Lipinski definition) is 3. The zero-order valence-corrected chi connectivity index (χ0v) is 19.1. The summed E-state index contributed by atoms with van der Waals surface area (Å²) in [6, 6.07) is 9.48. The van der Waals surface area contributed by atoms with Gasteiger partial charge in [0.1, 0.15) is 5.60 Å². The second kappa shape index (κ2) is 10.7. The van der Waals surface area contributed by atoms with E-state index in [2.05, 4.69) is 22.1 Å². The van der Waals surface area contributed by atoms with Crippen molar-refractivity contribution < 1.29 is 9.53 Å². The van der Waals surface area contributed by atoms with Crippen molar-refractivity contribution in [1.29, 1.82) is 0 Å². The van der Waals surface area contributed by atoms with E-state index in [1.54, 1.807) is 0 Å². The normalized spacial score (nSPS) is 19.0. The summed E-state index contributed by atoms with van der Waals surface area (Å²) in [4.78, 5) is 18.9. The lowest BCUT2D eigenvalue weighted by molar-refractivity contribution is 0.0505. The smallest absolute Gasteiger partial charge is 0.408 e. The van der Waals surface area contributed by atoms with Gasteiger partial charge in [-0.15, -0.1) is 24.0 Å². The van der Waals surface area contributed by atoms with E-state index in [1.165, 1.54) is 6.42 Å². The Morgan fingerprint density at radius 3 is 2.63 bits per heavy atom. The van der Waals surface area contributed by atoms with E-state index < -0.39 is 11.7 Å². The number of piperidine rings is 1. The minimum atomic E-state index is -0.544. The highest BCUT2D eigenvalue weighted by Crippen LogP contribution is 2.17. The fourth-order valence-electron chi connectivity index (χ4n) is 3.05. The highest BCUT2D eigenvalue weighted by molar-refractivity contribution is 14.0. The Morgan fingerprint density at radius 1 is 1.37 bits per heavy atom. The summed E-state index contributed by atoms with van der Waals surface area (Å²) >= 11 is 0. The first kappa shape index (κ1) is 23.5. The summed E-state index contributed by atoms with van der Waals surface area (Å²) in [5, 5.41) is 2.91. The Labute approximate surface area is 179 Å². The second-order valence-electron chi connectivity index (χ2n) is 8.00. The van der Waals surface area contributed by atoms with Gasteiger partial charge in [-0.3, -0.25) is 4.99 Å². The van der Waals surface area contributed by atoms with Crippen molar-refractivity contribution in [1.82, 2.24) is 10.2 Å². The number of amides is 1. The van der Waals surface area contributed by atoms with E-state index in [1.807, 2.05) is 51.1 Å². The number of guanidine groups is 1. The molecule has 6 nitrogen and oxygen atoms in total. The molecule has 1 aromatic carbocycles. The molecule has 1 saturated heterocycles. The van der Waals surface area contributed by atoms with Crippen LogP contribution in [0.4, 0.5) is 4.79 Å². The zero-order chi connectivity index (χ0) is 19.2. The SMILES string of the molecule is CC1CCCN(C(N)=NCC(NC(=O)OC(C)(C)C)c2ccccc2)C1.I. The van der Waals surface area contributed by atoms with Crippen LogP contribution in [0.1, 0.15) is 52.1 Å². The summed E-state index contributed by atoms with van der Waals surface area (Å²) < 4.78 is 5.39. The molecule has 2 rings (SSSR count). The molecule has 27 heavy (non-hydrogen) atoms. The first-order valence-corrected chi connectivity index (χ1v) is 9.34. The second-order valence-corrected chi connectivity index (χ2v) is 8.00. The predicted molar refractivity (Wildman–Crippen MR) is 120 cm³/mol. The summed E-state index contributed by atoms with van der Waals surface area (Å²) in [5.74, 6) is 1.17. The van der Waals surface area contributed by atoms with E-state index >= 15 is 0 Å². The van der Waals surface area contributed by atoms with E-state index in [0.29, 0.717) is 18.4 Å². The van der Waals surface area contributed by atoms with Gasteiger partial charge in [0, 0.05) is 13.1 Å². The van der Waals surface area contributed by atoms with E-state index in [-0.39, 0.29) is 30.0 Å². The minimum absolute atomic E-state index is 0. The lowest BCUT2D eigenvalue weighted by Gasteiger charge is -2.32. The Bertz CT molecular complexity index is 616. The van der Waals surface area contributed by atoms with Gasteiger partial charge in [-0.05, 0) is 45.1 Å². The van der Waals surface area contributed by atoms with Gasteiger partial charge < -0.3 is 20.7 Å². The van der Waals surface area contributed by atoms with Crippen LogP contribution in [0.2, 0.25) is 0 Å². The molecular weight excluding hydrogens is 455 g/mol. The first-order valence-electron chi connectivity index (χ1n) is 9.34. The molecule has 152 valence electrons. The molecule has 0 aromatic heterocycles. The summed E-state index contributed by atoms with van der Waals surface area (Å²) in [6.45, 7) is 10.0. The number of benzene rings is 1. The van der Waals surface area contributed by atoms with Crippen molar-refractivity contribution in [2.45, 2.75) is 52.2 Å². The number of nitrogens with zero attached hydrogens (tertiary/aromatic N) is 2. The molecular formula is C20H33IN4O2. The average Bonchev–Trinajstić information content (AvgIpc) is 2.57.